The smallest absolute Gasteiger partial charge is 1.00 e. The Balaban J connectivity index is -0.0000000144. The van der Waals surface area contributed by atoms with Gasteiger partial charge < -0.3 is 2.85 Å². The Hall–Kier alpha value is 1.66. The Morgan fingerprint density at radius 2 is 0.643 bits per heavy atom. The first kappa shape index (κ1) is 29.6. The van der Waals surface area contributed by atoms with Crippen molar-refractivity contribution in [2.24, 2.45) is 0 Å². The molecule has 0 atom stereocenters. The van der Waals surface area contributed by atoms with E-state index in [1.54, 1.807) is 0 Å². The fraction of sp³-hybridized carbons (Fsp3) is 0. The summed E-state index contributed by atoms with van der Waals surface area (Å²) in [6.07, 6.45) is 0. The number of hydrogen-bond donors (Lipinski definition) is 6. The van der Waals surface area contributed by atoms with Crippen LogP contribution in [-0.4, -0.2) is 45.6 Å². The van der Waals surface area contributed by atoms with Crippen molar-refractivity contribution >= 4 is 20.8 Å². The SMILES string of the molecule is O=S(=O)(O)O.O=S(=O)(O)O.OO.[H-].[H-].[Na+].[Na+]. The zero-order valence-electron chi connectivity index (χ0n) is 9.13. The van der Waals surface area contributed by atoms with Gasteiger partial charge in [0.1, 0.15) is 0 Å². The standard InChI is InChI=1S/2Na.2H2O4S.H2O2.2H/c;;2*1-5(2,3)4;1-2;;/h;;2*(H2,1,2,3,4);1-2H;;/q2*+1;;;;2*-1. The molecular weight excluding hydrogens is 270 g/mol. The summed E-state index contributed by atoms with van der Waals surface area (Å²) < 4.78 is 63.2. The van der Waals surface area contributed by atoms with Gasteiger partial charge in [0, 0.05) is 0 Å². The summed E-state index contributed by atoms with van der Waals surface area (Å²) in [4.78, 5) is 0. The topological polar surface area (TPSA) is 190 Å². The molecule has 10 nitrogen and oxygen atoms in total. The van der Waals surface area contributed by atoms with Gasteiger partial charge in [-0.15, -0.1) is 0 Å². The Kier molecular flexibility index (Phi) is 31.0. The molecule has 0 spiro atoms. The second kappa shape index (κ2) is 14.7. The van der Waals surface area contributed by atoms with Gasteiger partial charge in [-0.05, 0) is 0 Å². The van der Waals surface area contributed by atoms with E-state index in [0.29, 0.717) is 0 Å². The van der Waals surface area contributed by atoms with Crippen molar-refractivity contribution in [1.82, 2.24) is 0 Å². The molecule has 0 radical (unpaired) electrons. The molecule has 0 aliphatic carbocycles. The molecule has 0 aromatic heterocycles. The Morgan fingerprint density at radius 1 is 0.643 bits per heavy atom. The normalized spacial score (nSPS) is 8.71. The maximum Gasteiger partial charge on any atom is 1.00 e. The molecule has 0 saturated heterocycles. The van der Waals surface area contributed by atoms with Crippen LogP contribution in [0.4, 0.5) is 0 Å². The van der Waals surface area contributed by atoms with Crippen LogP contribution in [0.1, 0.15) is 2.85 Å². The molecule has 0 aliphatic rings. The van der Waals surface area contributed by atoms with Gasteiger partial charge in [-0.2, -0.15) is 16.8 Å². The third kappa shape index (κ3) is 795. The van der Waals surface area contributed by atoms with Crippen molar-refractivity contribution in [1.29, 1.82) is 0 Å². The second-order valence-corrected chi connectivity index (χ2v) is 2.69. The van der Waals surface area contributed by atoms with Crippen LogP contribution in [0.2, 0.25) is 0 Å². The van der Waals surface area contributed by atoms with Gasteiger partial charge in [0.25, 0.3) is 0 Å². The second-order valence-electron chi connectivity index (χ2n) is 0.896. The van der Waals surface area contributed by atoms with Crippen LogP contribution < -0.4 is 59.1 Å². The van der Waals surface area contributed by atoms with Gasteiger partial charge in [0.05, 0.1) is 0 Å². The molecule has 14 heavy (non-hydrogen) atoms. The van der Waals surface area contributed by atoms with Crippen molar-refractivity contribution in [3.63, 3.8) is 0 Å². The summed E-state index contributed by atoms with van der Waals surface area (Å²) in [5, 5.41) is 12.0. The van der Waals surface area contributed by atoms with Crippen molar-refractivity contribution < 1.29 is 108 Å². The summed E-state index contributed by atoms with van der Waals surface area (Å²) in [5.74, 6) is 0. The van der Waals surface area contributed by atoms with E-state index < -0.39 is 20.8 Å². The molecule has 82 valence electrons. The largest absolute Gasteiger partial charge is 1.00 e. The molecule has 0 fully saturated rings. The molecular formula is H8Na2O10S2. The quantitative estimate of drug-likeness (QED) is 0.107. The first-order chi connectivity index (χ1) is 5.00. The molecule has 0 bridgehead atoms. The van der Waals surface area contributed by atoms with Gasteiger partial charge in [-0.1, -0.05) is 0 Å². The Bertz CT molecular complexity index is 221. The monoisotopic (exact) mass is 278 g/mol. The van der Waals surface area contributed by atoms with Crippen molar-refractivity contribution in [2.45, 2.75) is 0 Å². The van der Waals surface area contributed by atoms with Crippen molar-refractivity contribution in [2.75, 3.05) is 0 Å². The van der Waals surface area contributed by atoms with E-state index >= 15 is 0 Å². The fourth-order valence-corrected chi connectivity index (χ4v) is 0. The van der Waals surface area contributed by atoms with E-state index in [2.05, 4.69) is 0 Å². The van der Waals surface area contributed by atoms with Crippen molar-refractivity contribution in [3.05, 3.63) is 0 Å². The maximum atomic E-state index is 8.74. The maximum absolute atomic E-state index is 8.74. The summed E-state index contributed by atoms with van der Waals surface area (Å²) in [7, 11) is -9.33. The minimum Gasteiger partial charge on any atom is -1.00 e. The number of rotatable bonds is 0. The fourth-order valence-electron chi connectivity index (χ4n) is 0. The molecule has 0 unspecified atom stereocenters. The molecule has 0 aromatic rings. The van der Waals surface area contributed by atoms with Crippen LogP contribution in [-0.2, 0) is 20.8 Å². The summed E-state index contributed by atoms with van der Waals surface area (Å²) in [6.45, 7) is 0. The molecule has 0 saturated carbocycles. The van der Waals surface area contributed by atoms with E-state index in [1.165, 1.54) is 0 Å². The van der Waals surface area contributed by atoms with Crippen LogP contribution in [0.15, 0.2) is 0 Å². The summed E-state index contributed by atoms with van der Waals surface area (Å²) >= 11 is 0. The van der Waals surface area contributed by atoms with Gasteiger partial charge in [0.15, 0.2) is 0 Å². The van der Waals surface area contributed by atoms with E-state index in [4.69, 9.17) is 45.6 Å². The van der Waals surface area contributed by atoms with E-state index in [0.717, 1.165) is 0 Å². The third-order valence-corrected chi connectivity index (χ3v) is 0. The van der Waals surface area contributed by atoms with Crippen LogP contribution in [0, 0.1) is 0 Å². The van der Waals surface area contributed by atoms with E-state index in [1.807, 2.05) is 0 Å². The van der Waals surface area contributed by atoms with Crippen LogP contribution in [0.5, 0.6) is 0 Å². The first-order valence-corrected chi connectivity index (χ1v) is 4.39. The zero-order chi connectivity index (χ0) is 11.0. The molecule has 0 amide bonds. The van der Waals surface area contributed by atoms with Gasteiger partial charge in [0.2, 0.25) is 0 Å². The Labute approximate surface area is 127 Å². The zero-order valence-corrected chi connectivity index (χ0v) is 12.8. The molecule has 14 heteroatoms. The minimum absolute atomic E-state index is 0. The van der Waals surface area contributed by atoms with Gasteiger partial charge in [-0.3, -0.25) is 28.7 Å². The first-order valence-electron chi connectivity index (χ1n) is 1.60. The summed E-state index contributed by atoms with van der Waals surface area (Å²) in [5.41, 5.74) is 0. The predicted molar refractivity (Wildman–Crippen MR) is 35.8 cm³/mol. The summed E-state index contributed by atoms with van der Waals surface area (Å²) in [6, 6.07) is 0. The van der Waals surface area contributed by atoms with E-state index in [9.17, 15) is 0 Å². The average molecular weight is 278 g/mol. The van der Waals surface area contributed by atoms with Gasteiger partial charge in [-0.25, -0.2) is 0 Å². The average Bonchev–Trinajstić information content (AvgIpc) is 1.59. The van der Waals surface area contributed by atoms with Gasteiger partial charge >= 0.3 is 79.9 Å². The van der Waals surface area contributed by atoms with Crippen LogP contribution in [0.3, 0.4) is 0 Å². The molecule has 0 aliphatic heterocycles. The predicted octanol–water partition coefficient (Wildman–Crippen LogP) is -7.06. The number of hydrogen-bond acceptors (Lipinski definition) is 6. The van der Waals surface area contributed by atoms with Crippen LogP contribution in [0.25, 0.3) is 0 Å². The van der Waals surface area contributed by atoms with E-state index in [-0.39, 0.29) is 62.0 Å². The molecule has 0 heterocycles. The minimum atomic E-state index is -4.67. The van der Waals surface area contributed by atoms with Crippen molar-refractivity contribution in [3.8, 4) is 0 Å². The molecule has 0 aromatic carbocycles. The van der Waals surface area contributed by atoms with Crippen LogP contribution >= 0.6 is 0 Å². The molecule has 0 rings (SSSR count). The molecule has 6 N–H and O–H groups in total. The third-order valence-electron chi connectivity index (χ3n) is 0. The Morgan fingerprint density at radius 3 is 0.643 bits per heavy atom.